The van der Waals surface area contributed by atoms with E-state index in [1.165, 1.54) is 11.1 Å². The highest BCUT2D eigenvalue weighted by atomic mass is 35.5. The fraction of sp³-hybridized carbons (Fsp3) is 0.697. The van der Waals surface area contributed by atoms with Gasteiger partial charge in [0.05, 0.1) is 23.7 Å². The van der Waals surface area contributed by atoms with Crippen LogP contribution in [0.2, 0.25) is 5.02 Å². The van der Waals surface area contributed by atoms with Gasteiger partial charge in [-0.3, -0.25) is 24.0 Å². The van der Waals surface area contributed by atoms with Gasteiger partial charge in [-0.25, -0.2) is 4.98 Å². The Morgan fingerprint density at radius 1 is 1.07 bits per heavy atom. The molecule has 5 atom stereocenters. The van der Waals surface area contributed by atoms with Gasteiger partial charge in [0.1, 0.15) is 18.2 Å². The molecule has 1 aromatic heterocycles. The molecule has 0 radical (unpaired) electrons. The molecule has 1 aliphatic heterocycles. The topological polar surface area (TPSA) is 173 Å². The second-order valence-corrected chi connectivity index (χ2v) is 14.4. The van der Waals surface area contributed by atoms with Gasteiger partial charge in [-0.05, 0) is 49.5 Å². The lowest BCUT2D eigenvalue weighted by atomic mass is 9.82. The summed E-state index contributed by atoms with van der Waals surface area (Å²) in [6.45, 7) is 7.41. The molecule has 0 aromatic carbocycles. The van der Waals surface area contributed by atoms with Gasteiger partial charge in [-0.1, -0.05) is 65.0 Å². The first-order chi connectivity index (χ1) is 21.8. The Bertz CT molecular complexity index is 1260. The zero-order chi connectivity index (χ0) is 33.6. The van der Waals surface area contributed by atoms with Crippen molar-refractivity contribution in [1.82, 2.24) is 25.8 Å². The van der Waals surface area contributed by atoms with E-state index < -0.39 is 65.1 Å². The summed E-state index contributed by atoms with van der Waals surface area (Å²) in [6, 6.07) is -0.593. The van der Waals surface area contributed by atoms with Crippen molar-refractivity contribution in [2.75, 3.05) is 6.54 Å². The second kappa shape index (κ2) is 15.6. The largest absolute Gasteiger partial charge is 0.472 e. The number of carbonyl (C=O) groups is 5. The zero-order valence-electron chi connectivity index (χ0n) is 27.4. The number of aromatic nitrogens is 1. The molecular formula is C33H49ClN6O6. The van der Waals surface area contributed by atoms with Crippen molar-refractivity contribution in [2.45, 2.75) is 128 Å². The average molecular weight is 661 g/mol. The average Bonchev–Trinajstić information content (AvgIpc) is 3.74. The third-order valence-corrected chi connectivity index (χ3v) is 9.27. The summed E-state index contributed by atoms with van der Waals surface area (Å²) in [5, 5.41) is 8.79. The van der Waals surface area contributed by atoms with E-state index in [-0.39, 0.29) is 37.2 Å². The summed E-state index contributed by atoms with van der Waals surface area (Å²) >= 11 is 5.98. The van der Waals surface area contributed by atoms with Gasteiger partial charge in [0.15, 0.2) is 0 Å². The van der Waals surface area contributed by atoms with Crippen molar-refractivity contribution in [1.29, 1.82) is 0 Å². The number of nitrogens with two attached hydrogens (primary N) is 1. The van der Waals surface area contributed by atoms with Gasteiger partial charge in [-0.15, -0.1) is 0 Å². The quantitative estimate of drug-likeness (QED) is 0.234. The number of rotatable bonds is 13. The molecule has 12 nitrogen and oxygen atoms in total. The molecule has 254 valence electrons. The number of carbonyl (C=O) groups excluding carboxylic acids is 5. The van der Waals surface area contributed by atoms with Crippen molar-refractivity contribution in [3.8, 4) is 5.88 Å². The van der Waals surface area contributed by atoms with Crippen LogP contribution < -0.4 is 26.4 Å². The first-order valence-electron chi connectivity index (χ1n) is 16.6. The van der Waals surface area contributed by atoms with Crippen LogP contribution in [0.3, 0.4) is 0 Å². The lowest BCUT2D eigenvalue weighted by Gasteiger charge is -2.37. The number of likely N-dealkylation sites (tertiary alicyclic amines) is 1. The molecule has 2 aliphatic carbocycles. The Balaban J connectivity index is 1.55. The van der Waals surface area contributed by atoms with Crippen LogP contribution in [-0.2, 0) is 24.0 Å². The molecule has 2 heterocycles. The van der Waals surface area contributed by atoms with Gasteiger partial charge in [-0.2, -0.15) is 0 Å². The Kier molecular flexibility index (Phi) is 12.0. The van der Waals surface area contributed by atoms with E-state index in [1.807, 2.05) is 27.7 Å². The van der Waals surface area contributed by atoms with Crippen LogP contribution in [0.15, 0.2) is 18.3 Å². The molecule has 46 heavy (non-hydrogen) atoms. The third-order valence-electron chi connectivity index (χ3n) is 9.04. The highest BCUT2D eigenvalue weighted by Crippen LogP contribution is 2.30. The second-order valence-electron chi connectivity index (χ2n) is 14.0. The van der Waals surface area contributed by atoms with Gasteiger partial charge in [0, 0.05) is 24.7 Å². The standard InChI is InChI=1S/C33H49ClN6O6/c1-5-9-23(27(41)31(44)37-21-13-14-21)38-29(42)24-16-22(46-25-15-12-20(34)17-36-25)18-40(24)32(45)28(33(2,3)4)39-30(43)26(35)19-10-7-6-8-11-19/h12,15,17,19,21-24,26,28H,5-11,13-14,16,18,35H2,1-4H3,(H,37,44)(H,38,42)(H,39,43)/t22?,23?,24-,26+,28+/m1/s1. The third kappa shape index (κ3) is 9.40. The predicted molar refractivity (Wildman–Crippen MR) is 173 cm³/mol. The highest BCUT2D eigenvalue weighted by molar-refractivity contribution is 6.38. The van der Waals surface area contributed by atoms with Crippen LogP contribution in [0.5, 0.6) is 5.88 Å². The van der Waals surface area contributed by atoms with Gasteiger partial charge >= 0.3 is 0 Å². The summed E-state index contributed by atoms with van der Waals surface area (Å²) in [5.74, 6) is -2.55. The van der Waals surface area contributed by atoms with Crippen molar-refractivity contribution < 1.29 is 28.7 Å². The first kappa shape index (κ1) is 35.6. The lowest BCUT2D eigenvalue weighted by molar-refractivity contribution is -0.145. The van der Waals surface area contributed by atoms with Crippen molar-refractivity contribution >= 4 is 41.0 Å². The van der Waals surface area contributed by atoms with Crippen LogP contribution in [0.1, 0.15) is 91.9 Å². The van der Waals surface area contributed by atoms with E-state index in [1.54, 1.807) is 12.1 Å². The number of Topliss-reactive ketones (excluding diaryl/α,β-unsaturated/α-hetero) is 1. The summed E-state index contributed by atoms with van der Waals surface area (Å²) < 4.78 is 6.06. The maximum atomic E-state index is 14.3. The SMILES string of the molecule is CCCC(NC(=O)[C@H]1CC(Oc2ccc(Cl)cn2)CN1C(=O)[C@H](NC(=O)[C@@H](N)C1CCCCC1)C(C)(C)C)C(=O)C(=O)NC1CC1. The number of ketones is 1. The molecule has 0 spiro atoms. The molecule has 2 saturated carbocycles. The number of nitrogens with one attached hydrogen (secondary N) is 3. The Hall–Kier alpha value is -3.25. The number of amides is 4. The van der Waals surface area contributed by atoms with E-state index in [9.17, 15) is 24.0 Å². The molecule has 5 N–H and O–H groups in total. The van der Waals surface area contributed by atoms with Crippen molar-refractivity contribution in [3.63, 3.8) is 0 Å². The van der Waals surface area contributed by atoms with Crippen LogP contribution >= 0.6 is 11.6 Å². The molecule has 0 bridgehead atoms. The number of pyridine rings is 1. The molecule has 1 saturated heterocycles. The maximum Gasteiger partial charge on any atom is 0.289 e. The van der Waals surface area contributed by atoms with Crippen molar-refractivity contribution in [3.05, 3.63) is 23.4 Å². The minimum atomic E-state index is -1.04. The van der Waals surface area contributed by atoms with E-state index in [0.717, 1.165) is 44.9 Å². The summed E-state index contributed by atoms with van der Waals surface area (Å²) in [6.07, 6.45) is 8.28. The molecule has 4 amide bonds. The molecular weight excluding hydrogens is 612 g/mol. The Morgan fingerprint density at radius 2 is 1.76 bits per heavy atom. The number of nitrogens with zero attached hydrogens (tertiary/aromatic N) is 2. The normalized spacial score (nSPS) is 22.3. The highest BCUT2D eigenvalue weighted by Gasteiger charge is 2.47. The van der Waals surface area contributed by atoms with E-state index in [2.05, 4.69) is 20.9 Å². The summed E-state index contributed by atoms with van der Waals surface area (Å²) in [5.41, 5.74) is 5.68. The Morgan fingerprint density at radius 3 is 2.35 bits per heavy atom. The fourth-order valence-corrected chi connectivity index (χ4v) is 6.32. The van der Waals surface area contributed by atoms with E-state index >= 15 is 0 Å². The predicted octanol–water partition coefficient (Wildman–Crippen LogP) is 2.65. The van der Waals surface area contributed by atoms with Crippen molar-refractivity contribution in [2.24, 2.45) is 17.1 Å². The van der Waals surface area contributed by atoms with Crippen LogP contribution in [-0.4, -0.2) is 82.2 Å². The van der Waals surface area contributed by atoms with Gasteiger partial charge in [0.25, 0.3) is 5.91 Å². The monoisotopic (exact) mass is 660 g/mol. The summed E-state index contributed by atoms with van der Waals surface area (Å²) in [7, 11) is 0. The number of hydrogen-bond acceptors (Lipinski definition) is 8. The van der Waals surface area contributed by atoms with E-state index in [4.69, 9.17) is 22.1 Å². The van der Waals surface area contributed by atoms with Gasteiger partial charge < -0.3 is 31.3 Å². The van der Waals surface area contributed by atoms with E-state index in [0.29, 0.717) is 11.4 Å². The molecule has 2 unspecified atom stereocenters. The fourth-order valence-electron chi connectivity index (χ4n) is 6.21. The first-order valence-corrected chi connectivity index (χ1v) is 17.0. The lowest BCUT2D eigenvalue weighted by Crippen LogP contribution is -2.61. The van der Waals surface area contributed by atoms with Crippen LogP contribution in [0.4, 0.5) is 0 Å². The van der Waals surface area contributed by atoms with Crippen LogP contribution in [0.25, 0.3) is 0 Å². The number of halogens is 1. The molecule has 4 rings (SSSR count). The van der Waals surface area contributed by atoms with Crippen LogP contribution in [0, 0.1) is 11.3 Å². The minimum Gasteiger partial charge on any atom is -0.472 e. The number of ether oxygens (including phenoxy) is 1. The molecule has 1 aromatic rings. The smallest absolute Gasteiger partial charge is 0.289 e. The molecule has 3 fully saturated rings. The summed E-state index contributed by atoms with van der Waals surface area (Å²) in [4.78, 5) is 72.8. The molecule has 13 heteroatoms. The Labute approximate surface area is 276 Å². The van der Waals surface area contributed by atoms with Gasteiger partial charge in [0.2, 0.25) is 29.4 Å². The number of hydrogen-bond donors (Lipinski definition) is 4. The molecule has 3 aliphatic rings. The minimum absolute atomic E-state index is 0.00692. The zero-order valence-corrected chi connectivity index (χ0v) is 28.1. The maximum absolute atomic E-state index is 14.3.